The summed E-state index contributed by atoms with van der Waals surface area (Å²) in [5.74, 6) is 3.62. The summed E-state index contributed by atoms with van der Waals surface area (Å²) in [6, 6.07) is 0. The molecule has 5 heteroatoms. The molecular formula is C16H26N4O. The van der Waals surface area contributed by atoms with E-state index in [-0.39, 0.29) is 5.92 Å². The Morgan fingerprint density at radius 2 is 1.86 bits per heavy atom. The van der Waals surface area contributed by atoms with E-state index in [1.807, 2.05) is 4.90 Å². The zero-order valence-corrected chi connectivity index (χ0v) is 13.1. The summed E-state index contributed by atoms with van der Waals surface area (Å²) in [7, 11) is 0. The van der Waals surface area contributed by atoms with Crippen LogP contribution in [-0.4, -0.2) is 39.1 Å². The van der Waals surface area contributed by atoms with Crippen molar-refractivity contribution < 1.29 is 4.79 Å². The summed E-state index contributed by atoms with van der Waals surface area (Å²) in [6.45, 7) is 5.93. The molecular weight excluding hydrogens is 264 g/mol. The van der Waals surface area contributed by atoms with Crippen molar-refractivity contribution in [2.75, 3.05) is 13.1 Å². The zero-order chi connectivity index (χ0) is 14.8. The Bertz CT molecular complexity index is 482. The van der Waals surface area contributed by atoms with Gasteiger partial charge in [-0.05, 0) is 38.5 Å². The number of likely N-dealkylation sites (tertiary alicyclic amines) is 1. The van der Waals surface area contributed by atoms with Crippen LogP contribution in [0.25, 0.3) is 0 Å². The highest BCUT2D eigenvalue weighted by molar-refractivity contribution is 5.78. The largest absolute Gasteiger partial charge is 0.342 e. The lowest BCUT2D eigenvalue weighted by atomic mass is 9.94. The van der Waals surface area contributed by atoms with Gasteiger partial charge >= 0.3 is 0 Å². The standard InChI is InChI=1S/C16H26N4O/c1-3-11(4-2)16(21)20-9-7-13(8-10-20)15-17-14(18-19-15)12-5-6-12/h11-13H,3-10H2,1-2H3,(H,17,18,19). The van der Waals surface area contributed by atoms with Crippen LogP contribution in [0.4, 0.5) is 0 Å². The van der Waals surface area contributed by atoms with Gasteiger partial charge in [-0.3, -0.25) is 9.89 Å². The van der Waals surface area contributed by atoms with Gasteiger partial charge in [0.15, 0.2) is 5.82 Å². The smallest absolute Gasteiger partial charge is 0.225 e. The Kier molecular flexibility index (Phi) is 4.27. The molecule has 1 saturated carbocycles. The van der Waals surface area contributed by atoms with E-state index in [9.17, 15) is 4.79 Å². The van der Waals surface area contributed by atoms with E-state index in [2.05, 4.69) is 29.0 Å². The third kappa shape index (κ3) is 3.11. The van der Waals surface area contributed by atoms with Gasteiger partial charge in [0.1, 0.15) is 5.82 Å². The van der Waals surface area contributed by atoms with E-state index in [4.69, 9.17) is 0 Å². The van der Waals surface area contributed by atoms with Crippen molar-refractivity contribution in [2.24, 2.45) is 5.92 Å². The Labute approximate surface area is 126 Å². The molecule has 0 bridgehead atoms. The topological polar surface area (TPSA) is 61.9 Å². The highest BCUT2D eigenvalue weighted by Gasteiger charge is 2.31. The van der Waals surface area contributed by atoms with Crippen LogP contribution in [0.2, 0.25) is 0 Å². The average molecular weight is 290 g/mol. The molecule has 1 aliphatic heterocycles. The number of carbonyl (C=O) groups excluding carboxylic acids is 1. The predicted octanol–water partition coefficient (Wildman–Crippen LogP) is 2.82. The zero-order valence-electron chi connectivity index (χ0n) is 13.1. The second-order valence-corrected chi connectivity index (χ2v) is 6.47. The van der Waals surface area contributed by atoms with Crippen molar-refractivity contribution in [3.8, 4) is 0 Å². The number of rotatable bonds is 5. The highest BCUT2D eigenvalue weighted by Crippen LogP contribution is 2.38. The number of hydrogen-bond donors (Lipinski definition) is 1. The molecule has 2 aliphatic rings. The molecule has 21 heavy (non-hydrogen) atoms. The number of carbonyl (C=O) groups is 1. The van der Waals surface area contributed by atoms with Crippen molar-refractivity contribution >= 4 is 5.91 Å². The molecule has 1 aliphatic carbocycles. The molecule has 1 aromatic rings. The Morgan fingerprint density at radius 1 is 1.19 bits per heavy atom. The Hall–Kier alpha value is -1.39. The maximum Gasteiger partial charge on any atom is 0.225 e. The first kappa shape index (κ1) is 14.5. The number of piperidine rings is 1. The van der Waals surface area contributed by atoms with Gasteiger partial charge in [-0.1, -0.05) is 13.8 Å². The SMILES string of the molecule is CCC(CC)C(=O)N1CCC(c2nc(C3CC3)n[nH]2)CC1. The lowest BCUT2D eigenvalue weighted by Gasteiger charge is -2.33. The molecule has 5 nitrogen and oxygen atoms in total. The van der Waals surface area contributed by atoms with Crippen LogP contribution < -0.4 is 0 Å². The Morgan fingerprint density at radius 3 is 2.43 bits per heavy atom. The maximum absolute atomic E-state index is 12.4. The number of nitrogens with one attached hydrogen (secondary N) is 1. The minimum Gasteiger partial charge on any atom is -0.342 e. The first-order valence-electron chi connectivity index (χ1n) is 8.43. The molecule has 0 spiro atoms. The quantitative estimate of drug-likeness (QED) is 0.907. The van der Waals surface area contributed by atoms with E-state index in [1.165, 1.54) is 12.8 Å². The molecule has 1 saturated heterocycles. The molecule has 2 heterocycles. The molecule has 1 amide bonds. The van der Waals surface area contributed by atoms with E-state index in [0.717, 1.165) is 50.4 Å². The lowest BCUT2D eigenvalue weighted by Crippen LogP contribution is -2.41. The van der Waals surface area contributed by atoms with Crippen LogP contribution in [0.5, 0.6) is 0 Å². The molecule has 0 aromatic carbocycles. The lowest BCUT2D eigenvalue weighted by molar-refractivity contribution is -0.136. The second kappa shape index (κ2) is 6.16. The molecule has 3 rings (SSSR count). The molecule has 116 valence electrons. The minimum absolute atomic E-state index is 0.202. The first-order chi connectivity index (χ1) is 10.2. The van der Waals surface area contributed by atoms with Gasteiger partial charge in [-0.15, -0.1) is 0 Å². The summed E-state index contributed by atoms with van der Waals surface area (Å²) >= 11 is 0. The third-order valence-corrected chi connectivity index (χ3v) is 4.99. The second-order valence-electron chi connectivity index (χ2n) is 6.47. The van der Waals surface area contributed by atoms with Gasteiger partial charge in [0.2, 0.25) is 5.91 Å². The Balaban J connectivity index is 1.55. The number of amides is 1. The van der Waals surface area contributed by atoms with Crippen LogP contribution in [0.3, 0.4) is 0 Å². The minimum atomic E-state index is 0.202. The van der Waals surface area contributed by atoms with Crippen LogP contribution in [-0.2, 0) is 4.79 Å². The van der Waals surface area contributed by atoms with Crippen molar-refractivity contribution in [3.05, 3.63) is 11.6 Å². The summed E-state index contributed by atoms with van der Waals surface area (Å²) in [6.07, 6.45) is 6.37. The molecule has 0 radical (unpaired) electrons. The van der Waals surface area contributed by atoms with Crippen LogP contribution in [0.1, 0.15) is 75.9 Å². The third-order valence-electron chi connectivity index (χ3n) is 4.99. The summed E-state index contributed by atoms with van der Waals surface area (Å²) in [5, 5.41) is 7.47. The van der Waals surface area contributed by atoms with E-state index in [0.29, 0.717) is 17.7 Å². The first-order valence-corrected chi connectivity index (χ1v) is 8.43. The van der Waals surface area contributed by atoms with Gasteiger partial charge in [-0.2, -0.15) is 5.10 Å². The predicted molar refractivity (Wildman–Crippen MR) is 81.0 cm³/mol. The average Bonchev–Trinajstić information content (AvgIpc) is 3.26. The number of hydrogen-bond acceptors (Lipinski definition) is 3. The molecule has 2 fully saturated rings. The molecule has 0 atom stereocenters. The van der Waals surface area contributed by atoms with Crippen LogP contribution in [0.15, 0.2) is 0 Å². The van der Waals surface area contributed by atoms with Gasteiger partial charge in [0.25, 0.3) is 0 Å². The van der Waals surface area contributed by atoms with E-state index >= 15 is 0 Å². The molecule has 1 N–H and O–H groups in total. The highest BCUT2D eigenvalue weighted by atomic mass is 16.2. The van der Waals surface area contributed by atoms with Crippen molar-refractivity contribution in [1.82, 2.24) is 20.1 Å². The fraction of sp³-hybridized carbons (Fsp3) is 0.812. The number of aromatic amines is 1. The number of H-pyrrole nitrogens is 1. The van der Waals surface area contributed by atoms with E-state index < -0.39 is 0 Å². The van der Waals surface area contributed by atoms with E-state index in [1.54, 1.807) is 0 Å². The van der Waals surface area contributed by atoms with Gasteiger partial charge in [0, 0.05) is 30.8 Å². The summed E-state index contributed by atoms with van der Waals surface area (Å²) in [4.78, 5) is 19.1. The van der Waals surface area contributed by atoms with Gasteiger partial charge < -0.3 is 4.90 Å². The maximum atomic E-state index is 12.4. The van der Waals surface area contributed by atoms with Crippen molar-refractivity contribution in [3.63, 3.8) is 0 Å². The fourth-order valence-corrected chi connectivity index (χ4v) is 3.26. The molecule has 0 unspecified atom stereocenters. The molecule has 1 aromatic heterocycles. The summed E-state index contributed by atoms with van der Waals surface area (Å²) < 4.78 is 0. The van der Waals surface area contributed by atoms with Crippen molar-refractivity contribution in [2.45, 2.75) is 64.2 Å². The van der Waals surface area contributed by atoms with Crippen LogP contribution >= 0.6 is 0 Å². The fourth-order valence-electron chi connectivity index (χ4n) is 3.26. The number of aromatic nitrogens is 3. The van der Waals surface area contributed by atoms with Gasteiger partial charge in [0.05, 0.1) is 0 Å². The monoisotopic (exact) mass is 290 g/mol. The van der Waals surface area contributed by atoms with Crippen molar-refractivity contribution in [1.29, 1.82) is 0 Å². The van der Waals surface area contributed by atoms with Crippen LogP contribution in [0, 0.1) is 5.92 Å². The van der Waals surface area contributed by atoms with Gasteiger partial charge in [-0.25, -0.2) is 4.98 Å². The summed E-state index contributed by atoms with van der Waals surface area (Å²) in [5.41, 5.74) is 0. The number of nitrogens with zero attached hydrogens (tertiary/aromatic N) is 3. The normalized spacial score (nSPS) is 20.2.